The molecule has 2 N–H and O–H groups in total. The first-order chi connectivity index (χ1) is 7.66. The fourth-order valence-electron chi connectivity index (χ4n) is 2.18. The van der Waals surface area contributed by atoms with Crippen LogP contribution in [0.15, 0.2) is 28.7 Å². The van der Waals surface area contributed by atoms with Crippen molar-refractivity contribution in [2.75, 3.05) is 6.54 Å². The Bertz CT molecular complexity index is 376. The molecule has 16 heavy (non-hydrogen) atoms. The van der Waals surface area contributed by atoms with Gasteiger partial charge in [0.2, 0.25) is 0 Å². The lowest BCUT2D eigenvalue weighted by Crippen LogP contribution is -2.45. The number of hydrogen-bond acceptors (Lipinski definition) is 2. The van der Waals surface area contributed by atoms with Gasteiger partial charge in [-0.15, -0.1) is 0 Å². The summed E-state index contributed by atoms with van der Waals surface area (Å²) in [5.74, 6) is 0.309. The van der Waals surface area contributed by atoms with E-state index in [1.54, 1.807) is 0 Å². The number of benzene rings is 1. The number of nitrogens with two attached hydrogens (primary N) is 1. The Morgan fingerprint density at radius 3 is 2.38 bits per heavy atom. The van der Waals surface area contributed by atoms with Gasteiger partial charge in [0.1, 0.15) is 5.78 Å². The molecular formula is C13H16BrNO. The molecule has 0 saturated heterocycles. The maximum atomic E-state index is 12.1. The van der Waals surface area contributed by atoms with Gasteiger partial charge in [0.25, 0.3) is 0 Å². The summed E-state index contributed by atoms with van der Waals surface area (Å²) in [4.78, 5) is 12.1. The highest BCUT2D eigenvalue weighted by Gasteiger charge is 2.41. The molecule has 1 fully saturated rings. The SMILES string of the molecule is NCC1(C(=O)Cc2ccc(Br)cc2)CCC1. The predicted molar refractivity (Wildman–Crippen MR) is 68.2 cm³/mol. The first-order valence-corrected chi connectivity index (χ1v) is 6.43. The molecule has 1 aliphatic rings. The Labute approximate surface area is 104 Å². The molecule has 1 saturated carbocycles. The highest BCUT2D eigenvalue weighted by atomic mass is 79.9. The maximum absolute atomic E-state index is 12.1. The molecule has 1 aromatic carbocycles. The van der Waals surface area contributed by atoms with Gasteiger partial charge >= 0.3 is 0 Å². The minimum Gasteiger partial charge on any atom is -0.329 e. The van der Waals surface area contributed by atoms with E-state index in [-0.39, 0.29) is 5.41 Å². The van der Waals surface area contributed by atoms with E-state index in [4.69, 9.17) is 5.73 Å². The first kappa shape index (κ1) is 11.8. The van der Waals surface area contributed by atoms with Crippen LogP contribution in [0.25, 0.3) is 0 Å². The summed E-state index contributed by atoms with van der Waals surface area (Å²) in [7, 11) is 0. The molecule has 0 radical (unpaired) electrons. The molecule has 1 aromatic rings. The average molecular weight is 282 g/mol. The molecule has 0 spiro atoms. The summed E-state index contributed by atoms with van der Waals surface area (Å²) in [5, 5.41) is 0. The van der Waals surface area contributed by atoms with Crippen molar-refractivity contribution in [3.8, 4) is 0 Å². The fraction of sp³-hybridized carbons (Fsp3) is 0.462. The van der Waals surface area contributed by atoms with Gasteiger partial charge in [0.05, 0.1) is 0 Å². The third-order valence-corrected chi connectivity index (χ3v) is 4.10. The summed E-state index contributed by atoms with van der Waals surface area (Å²) in [6.07, 6.45) is 3.60. The second-order valence-electron chi connectivity index (χ2n) is 4.56. The van der Waals surface area contributed by atoms with Crippen molar-refractivity contribution >= 4 is 21.7 Å². The maximum Gasteiger partial charge on any atom is 0.144 e. The molecule has 0 aliphatic heterocycles. The van der Waals surface area contributed by atoms with Crippen molar-refractivity contribution in [3.63, 3.8) is 0 Å². The van der Waals surface area contributed by atoms with Crippen molar-refractivity contribution in [3.05, 3.63) is 34.3 Å². The lowest BCUT2D eigenvalue weighted by molar-refractivity contribution is -0.132. The highest BCUT2D eigenvalue weighted by Crippen LogP contribution is 2.41. The third kappa shape index (κ3) is 2.20. The van der Waals surface area contributed by atoms with Crippen molar-refractivity contribution < 1.29 is 4.79 Å². The van der Waals surface area contributed by atoms with Crippen molar-refractivity contribution in [2.24, 2.45) is 11.1 Å². The van der Waals surface area contributed by atoms with E-state index in [0.717, 1.165) is 29.3 Å². The normalized spacial score (nSPS) is 17.9. The number of Topliss-reactive ketones (excluding diaryl/α,β-unsaturated/α-hetero) is 1. The summed E-state index contributed by atoms with van der Waals surface area (Å²) >= 11 is 3.38. The van der Waals surface area contributed by atoms with Crippen LogP contribution >= 0.6 is 15.9 Å². The number of carbonyl (C=O) groups excluding carboxylic acids is 1. The molecule has 0 bridgehead atoms. The van der Waals surface area contributed by atoms with E-state index < -0.39 is 0 Å². The summed E-state index contributed by atoms with van der Waals surface area (Å²) in [5.41, 5.74) is 6.59. The van der Waals surface area contributed by atoms with Gasteiger partial charge in [-0.1, -0.05) is 34.5 Å². The van der Waals surface area contributed by atoms with Crippen LogP contribution in [-0.2, 0) is 11.2 Å². The Hall–Kier alpha value is -0.670. The van der Waals surface area contributed by atoms with Gasteiger partial charge < -0.3 is 5.73 Å². The van der Waals surface area contributed by atoms with Crippen LogP contribution < -0.4 is 5.73 Å². The Morgan fingerprint density at radius 2 is 1.94 bits per heavy atom. The molecule has 0 aromatic heterocycles. The minimum absolute atomic E-state index is 0.201. The zero-order valence-corrected chi connectivity index (χ0v) is 10.8. The second kappa shape index (κ2) is 4.68. The van der Waals surface area contributed by atoms with Gasteiger partial charge in [-0.3, -0.25) is 4.79 Å². The quantitative estimate of drug-likeness (QED) is 0.922. The van der Waals surface area contributed by atoms with Crippen molar-refractivity contribution in [2.45, 2.75) is 25.7 Å². The van der Waals surface area contributed by atoms with Gasteiger partial charge in [-0.25, -0.2) is 0 Å². The van der Waals surface area contributed by atoms with Crippen LogP contribution in [0.4, 0.5) is 0 Å². The third-order valence-electron chi connectivity index (χ3n) is 3.57. The average Bonchev–Trinajstić information content (AvgIpc) is 2.21. The largest absolute Gasteiger partial charge is 0.329 e. The van der Waals surface area contributed by atoms with E-state index in [9.17, 15) is 4.79 Å². The summed E-state index contributed by atoms with van der Waals surface area (Å²) in [6, 6.07) is 7.92. The van der Waals surface area contributed by atoms with Crippen LogP contribution in [-0.4, -0.2) is 12.3 Å². The van der Waals surface area contributed by atoms with E-state index in [2.05, 4.69) is 15.9 Å². The zero-order chi connectivity index (χ0) is 11.6. The van der Waals surface area contributed by atoms with Crippen LogP contribution in [0.2, 0.25) is 0 Å². The number of rotatable bonds is 4. The lowest BCUT2D eigenvalue weighted by atomic mass is 9.65. The molecule has 0 amide bonds. The molecule has 0 unspecified atom stereocenters. The molecule has 1 aliphatic carbocycles. The topological polar surface area (TPSA) is 43.1 Å². The fourth-order valence-corrected chi connectivity index (χ4v) is 2.44. The van der Waals surface area contributed by atoms with Gasteiger partial charge in [-0.2, -0.15) is 0 Å². The lowest BCUT2D eigenvalue weighted by Gasteiger charge is -2.39. The smallest absolute Gasteiger partial charge is 0.144 e. The summed E-state index contributed by atoms with van der Waals surface area (Å²) < 4.78 is 1.04. The van der Waals surface area contributed by atoms with E-state index in [0.29, 0.717) is 18.7 Å². The van der Waals surface area contributed by atoms with E-state index in [1.165, 1.54) is 0 Å². The first-order valence-electron chi connectivity index (χ1n) is 5.64. The van der Waals surface area contributed by atoms with Crippen molar-refractivity contribution in [1.82, 2.24) is 0 Å². The summed E-state index contributed by atoms with van der Waals surface area (Å²) in [6.45, 7) is 0.502. The molecule has 0 atom stereocenters. The van der Waals surface area contributed by atoms with Crippen LogP contribution in [0.3, 0.4) is 0 Å². The Balaban J connectivity index is 2.04. The molecule has 2 rings (SSSR count). The van der Waals surface area contributed by atoms with Crippen LogP contribution in [0.1, 0.15) is 24.8 Å². The van der Waals surface area contributed by atoms with E-state index >= 15 is 0 Å². The number of halogens is 1. The molecule has 0 heterocycles. The zero-order valence-electron chi connectivity index (χ0n) is 9.21. The molecular weight excluding hydrogens is 266 g/mol. The number of carbonyl (C=O) groups is 1. The molecule has 86 valence electrons. The second-order valence-corrected chi connectivity index (χ2v) is 5.48. The monoisotopic (exact) mass is 281 g/mol. The number of ketones is 1. The number of hydrogen-bond donors (Lipinski definition) is 1. The van der Waals surface area contributed by atoms with E-state index in [1.807, 2.05) is 24.3 Å². The Kier molecular flexibility index (Phi) is 3.45. The minimum atomic E-state index is -0.201. The van der Waals surface area contributed by atoms with Crippen LogP contribution in [0, 0.1) is 5.41 Å². The highest BCUT2D eigenvalue weighted by molar-refractivity contribution is 9.10. The van der Waals surface area contributed by atoms with Crippen molar-refractivity contribution in [1.29, 1.82) is 0 Å². The van der Waals surface area contributed by atoms with Gasteiger partial charge in [0.15, 0.2) is 0 Å². The van der Waals surface area contributed by atoms with Gasteiger partial charge in [-0.05, 0) is 30.5 Å². The van der Waals surface area contributed by atoms with Gasteiger partial charge in [0, 0.05) is 22.9 Å². The molecule has 3 heteroatoms. The molecule has 2 nitrogen and oxygen atoms in total. The van der Waals surface area contributed by atoms with Crippen LogP contribution in [0.5, 0.6) is 0 Å². The standard InChI is InChI=1S/C13H16BrNO/c14-11-4-2-10(3-5-11)8-12(16)13(9-15)6-1-7-13/h2-5H,1,6-9,15H2. The Morgan fingerprint density at radius 1 is 1.31 bits per heavy atom. The predicted octanol–water partition coefficient (Wildman–Crippen LogP) is 2.69.